The maximum absolute atomic E-state index is 13.6. The van der Waals surface area contributed by atoms with Crippen molar-refractivity contribution in [3.63, 3.8) is 0 Å². The Balaban J connectivity index is 1.78. The van der Waals surface area contributed by atoms with Crippen LogP contribution in [-0.4, -0.2) is 24.3 Å². The van der Waals surface area contributed by atoms with Gasteiger partial charge in [0, 0.05) is 25.6 Å². The molecule has 0 aliphatic heterocycles. The first-order valence-corrected chi connectivity index (χ1v) is 8.11. The Morgan fingerprint density at radius 2 is 1.69 bits per heavy atom. The molecule has 136 valence electrons. The third kappa shape index (κ3) is 6.35. The van der Waals surface area contributed by atoms with Crippen molar-refractivity contribution < 1.29 is 18.8 Å². The molecule has 3 amide bonds. The summed E-state index contributed by atoms with van der Waals surface area (Å²) >= 11 is 0. The van der Waals surface area contributed by atoms with Crippen LogP contribution < -0.4 is 16.0 Å². The zero-order valence-corrected chi connectivity index (χ0v) is 14.3. The average Bonchev–Trinajstić information content (AvgIpc) is 2.58. The molecule has 0 saturated heterocycles. The van der Waals surface area contributed by atoms with Gasteiger partial charge in [-0.1, -0.05) is 30.3 Å². The van der Waals surface area contributed by atoms with Gasteiger partial charge in [-0.05, 0) is 23.8 Å². The maximum atomic E-state index is 13.6. The average molecular weight is 357 g/mol. The van der Waals surface area contributed by atoms with Crippen LogP contribution in [0.5, 0.6) is 0 Å². The number of nitrogens with one attached hydrogen (secondary N) is 3. The van der Waals surface area contributed by atoms with Gasteiger partial charge in [0.25, 0.3) is 0 Å². The number of rotatable bonds is 7. The highest BCUT2D eigenvalue weighted by molar-refractivity contribution is 5.93. The van der Waals surface area contributed by atoms with Crippen LogP contribution in [-0.2, 0) is 20.8 Å². The molecule has 0 atom stereocenters. The summed E-state index contributed by atoms with van der Waals surface area (Å²) in [6, 6.07) is 13.2. The van der Waals surface area contributed by atoms with Gasteiger partial charge >= 0.3 is 0 Å². The second-order valence-corrected chi connectivity index (χ2v) is 5.69. The third-order valence-corrected chi connectivity index (χ3v) is 3.44. The minimum absolute atomic E-state index is 0.00790. The highest BCUT2D eigenvalue weighted by Gasteiger charge is 2.09. The second-order valence-electron chi connectivity index (χ2n) is 5.69. The Hall–Kier alpha value is -3.22. The molecular weight excluding hydrogens is 337 g/mol. The lowest BCUT2D eigenvalue weighted by Crippen LogP contribution is -2.28. The summed E-state index contributed by atoms with van der Waals surface area (Å²) in [6.45, 7) is 1.46. The molecule has 0 aromatic heterocycles. The first-order chi connectivity index (χ1) is 12.4. The zero-order chi connectivity index (χ0) is 18.9. The topological polar surface area (TPSA) is 87.3 Å². The highest BCUT2D eigenvalue weighted by atomic mass is 19.1. The number of carbonyl (C=O) groups excluding carboxylic acids is 3. The number of halogens is 1. The standard InChI is InChI=1S/C19H20FN3O3/c1-13(24)22-17-12-15(7-8-16(17)20)23-18(25)9-10-21-19(26)11-14-5-3-2-4-6-14/h2-8,12H,9-11H2,1H3,(H,21,26)(H,22,24)(H,23,25). The van der Waals surface area contributed by atoms with Crippen LogP contribution in [0.25, 0.3) is 0 Å². The van der Waals surface area contributed by atoms with E-state index in [4.69, 9.17) is 0 Å². The molecule has 0 bridgehead atoms. The summed E-state index contributed by atoms with van der Waals surface area (Å²) in [4.78, 5) is 34.8. The number of hydrogen-bond acceptors (Lipinski definition) is 3. The number of anilines is 2. The highest BCUT2D eigenvalue weighted by Crippen LogP contribution is 2.19. The van der Waals surface area contributed by atoms with E-state index in [-0.39, 0.29) is 36.9 Å². The van der Waals surface area contributed by atoms with E-state index in [0.29, 0.717) is 5.69 Å². The SMILES string of the molecule is CC(=O)Nc1cc(NC(=O)CCNC(=O)Cc2ccccc2)ccc1F. The lowest BCUT2D eigenvalue weighted by Gasteiger charge is -2.09. The minimum atomic E-state index is -0.591. The van der Waals surface area contributed by atoms with Crippen molar-refractivity contribution in [2.45, 2.75) is 19.8 Å². The summed E-state index contributed by atoms with van der Waals surface area (Å²) in [6.07, 6.45) is 0.327. The Bertz CT molecular complexity index is 794. The van der Waals surface area contributed by atoms with Gasteiger partial charge in [-0.15, -0.1) is 0 Å². The van der Waals surface area contributed by atoms with E-state index in [2.05, 4.69) is 16.0 Å². The quantitative estimate of drug-likeness (QED) is 0.711. The van der Waals surface area contributed by atoms with Crippen molar-refractivity contribution in [3.05, 3.63) is 59.9 Å². The Kier molecular flexibility index (Phi) is 6.84. The van der Waals surface area contributed by atoms with E-state index in [9.17, 15) is 18.8 Å². The summed E-state index contributed by atoms with van der Waals surface area (Å²) in [5, 5.41) is 7.62. The normalized spacial score (nSPS) is 10.1. The molecule has 6 nitrogen and oxygen atoms in total. The molecular formula is C19H20FN3O3. The fraction of sp³-hybridized carbons (Fsp3) is 0.211. The molecule has 26 heavy (non-hydrogen) atoms. The minimum Gasteiger partial charge on any atom is -0.355 e. The third-order valence-electron chi connectivity index (χ3n) is 3.44. The Labute approximate surface area is 150 Å². The second kappa shape index (κ2) is 9.31. The van der Waals surface area contributed by atoms with Crippen LogP contribution >= 0.6 is 0 Å². The van der Waals surface area contributed by atoms with Crippen LogP contribution in [0.2, 0.25) is 0 Å². The fourth-order valence-electron chi connectivity index (χ4n) is 2.27. The molecule has 0 aliphatic carbocycles. The van der Waals surface area contributed by atoms with E-state index in [1.54, 1.807) is 0 Å². The van der Waals surface area contributed by atoms with Gasteiger partial charge in [-0.3, -0.25) is 14.4 Å². The van der Waals surface area contributed by atoms with Gasteiger partial charge in [-0.25, -0.2) is 4.39 Å². The van der Waals surface area contributed by atoms with Crippen molar-refractivity contribution >= 4 is 29.1 Å². The van der Waals surface area contributed by atoms with Crippen molar-refractivity contribution in [1.82, 2.24) is 5.32 Å². The van der Waals surface area contributed by atoms with E-state index >= 15 is 0 Å². The van der Waals surface area contributed by atoms with Gasteiger partial charge in [-0.2, -0.15) is 0 Å². The number of benzene rings is 2. The summed E-state index contributed by atoms with van der Waals surface area (Å²) < 4.78 is 13.6. The molecule has 0 saturated carbocycles. The first kappa shape index (κ1) is 19.1. The monoisotopic (exact) mass is 357 g/mol. The van der Waals surface area contributed by atoms with E-state index in [1.165, 1.54) is 19.1 Å². The predicted octanol–water partition coefficient (Wildman–Crippen LogP) is 2.47. The Morgan fingerprint density at radius 3 is 2.38 bits per heavy atom. The summed E-state index contributed by atoms with van der Waals surface area (Å²) in [5.74, 6) is -1.50. The van der Waals surface area contributed by atoms with Crippen molar-refractivity contribution in [2.75, 3.05) is 17.2 Å². The summed E-state index contributed by atoms with van der Waals surface area (Å²) in [7, 11) is 0. The number of amides is 3. The molecule has 0 fully saturated rings. The molecule has 2 aromatic rings. The van der Waals surface area contributed by atoms with Gasteiger partial charge in [0.05, 0.1) is 12.1 Å². The Morgan fingerprint density at radius 1 is 0.962 bits per heavy atom. The van der Waals surface area contributed by atoms with Gasteiger partial charge < -0.3 is 16.0 Å². The molecule has 7 heteroatoms. The van der Waals surface area contributed by atoms with Crippen LogP contribution in [0.4, 0.5) is 15.8 Å². The molecule has 0 radical (unpaired) electrons. The molecule has 0 unspecified atom stereocenters. The van der Waals surface area contributed by atoms with Crippen LogP contribution in [0.1, 0.15) is 18.9 Å². The maximum Gasteiger partial charge on any atom is 0.226 e. The van der Waals surface area contributed by atoms with Crippen molar-refractivity contribution in [2.24, 2.45) is 0 Å². The number of hydrogen-bond donors (Lipinski definition) is 3. The smallest absolute Gasteiger partial charge is 0.226 e. The lowest BCUT2D eigenvalue weighted by molar-refractivity contribution is -0.120. The van der Waals surface area contributed by atoms with Crippen LogP contribution in [0.15, 0.2) is 48.5 Å². The molecule has 0 heterocycles. The predicted molar refractivity (Wildman–Crippen MR) is 97.1 cm³/mol. The van der Waals surface area contributed by atoms with Gasteiger partial charge in [0.2, 0.25) is 17.7 Å². The fourth-order valence-corrected chi connectivity index (χ4v) is 2.27. The van der Waals surface area contributed by atoms with Crippen LogP contribution in [0, 0.1) is 5.82 Å². The zero-order valence-electron chi connectivity index (χ0n) is 14.3. The van der Waals surface area contributed by atoms with Crippen molar-refractivity contribution in [1.29, 1.82) is 0 Å². The van der Waals surface area contributed by atoms with Gasteiger partial charge in [0.1, 0.15) is 5.82 Å². The molecule has 2 rings (SSSR count). The number of carbonyl (C=O) groups is 3. The van der Waals surface area contributed by atoms with E-state index < -0.39 is 11.7 Å². The molecule has 3 N–H and O–H groups in total. The molecule has 0 spiro atoms. The van der Waals surface area contributed by atoms with E-state index in [0.717, 1.165) is 11.6 Å². The van der Waals surface area contributed by atoms with Crippen LogP contribution in [0.3, 0.4) is 0 Å². The van der Waals surface area contributed by atoms with Gasteiger partial charge in [0.15, 0.2) is 0 Å². The van der Waals surface area contributed by atoms with Crippen molar-refractivity contribution in [3.8, 4) is 0 Å². The molecule has 2 aromatic carbocycles. The lowest BCUT2D eigenvalue weighted by atomic mass is 10.1. The first-order valence-electron chi connectivity index (χ1n) is 8.11. The van der Waals surface area contributed by atoms with E-state index in [1.807, 2.05) is 30.3 Å². The molecule has 0 aliphatic rings. The summed E-state index contributed by atoms with van der Waals surface area (Å²) in [5.41, 5.74) is 1.24. The largest absolute Gasteiger partial charge is 0.355 e.